The monoisotopic (exact) mass is 453 g/mol. The molecule has 3 rings (SSSR count). The molecule has 162 valence electrons. The summed E-state index contributed by atoms with van der Waals surface area (Å²) in [5.41, 5.74) is -0.000458. The number of oxazole rings is 1. The molecule has 0 bridgehead atoms. The van der Waals surface area contributed by atoms with Gasteiger partial charge in [-0.1, -0.05) is 11.6 Å². The molecule has 2 amide bonds. The second kappa shape index (κ2) is 8.92. The number of benzene rings is 1. The topological polar surface area (TPSA) is 139 Å². The zero-order chi connectivity index (χ0) is 22.7. The van der Waals surface area contributed by atoms with Crippen LogP contribution in [-0.4, -0.2) is 40.1 Å². The van der Waals surface area contributed by atoms with Crippen molar-refractivity contribution in [3.05, 3.63) is 63.5 Å². The maximum atomic E-state index is 13.4. The highest BCUT2D eigenvalue weighted by molar-refractivity contribution is 6.34. The Bertz CT molecular complexity index is 1180. The van der Waals surface area contributed by atoms with Gasteiger partial charge in [0.2, 0.25) is 0 Å². The number of aromatic nitrogens is 3. The molecular weight excluding hydrogens is 440 g/mol. The Balaban J connectivity index is 1.63. The number of aryl methyl sites for hydroxylation is 1. The molecular formula is C18H14ClF2N5O5. The summed E-state index contributed by atoms with van der Waals surface area (Å²) in [4.78, 5) is 39.8. The normalized spacial score (nSPS) is 10.6. The van der Waals surface area contributed by atoms with Crippen LogP contribution in [0.5, 0.6) is 0 Å². The maximum Gasteiger partial charge on any atom is 0.394 e. The predicted octanol–water partition coefficient (Wildman–Crippen LogP) is 2.61. The summed E-state index contributed by atoms with van der Waals surface area (Å²) in [6, 6.07) is 2.54. The van der Waals surface area contributed by atoms with Crippen LogP contribution in [0.3, 0.4) is 0 Å². The van der Waals surface area contributed by atoms with E-state index in [1.807, 2.05) is 0 Å². The van der Waals surface area contributed by atoms with E-state index in [1.165, 1.54) is 13.2 Å². The standard InChI is InChI=1S/C18H14ClF2N5O5/c1-7-13(31-17(23-7)18(29)30-2)6-22-16(28)12-5-14(26-25-12)24-15(27)8-3-10(20)11(21)4-9(8)19/h3-5H,6H2,1-2H3,(H,22,28)(H2,24,25,26,27). The fraction of sp³-hybridized carbons (Fsp3) is 0.167. The van der Waals surface area contributed by atoms with Gasteiger partial charge in [0.25, 0.3) is 11.8 Å². The second-order valence-electron chi connectivity index (χ2n) is 6.07. The van der Waals surface area contributed by atoms with Gasteiger partial charge in [-0.15, -0.1) is 0 Å². The molecule has 3 aromatic rings. The van der Waals surface area contributed by atoms with Crippen molar-refractivity contribution in [2.75, 3.05) is 12.4 Å². The van der Waals surface area contributed by atoms with Gasteiger partial charge in [0.05, 0.1) is 29.9 Å². The lowest BCUT2D eigenvalue weighted by atomic mass is 10.2. The highest BCUT2D eigenvalue weighted by Gasteiger charge is 2.19. The van der Waals surface area contributed by atoms with Gasteiger partial charge in [-0.25, -0.2) is 18.6 Å². The fourth-order valence-corrected chi connectivity index (χ4v) is 2.64. The number of amides is 2. The molecule has 1 aromatic carbocycles. The lowest BCUT2D eigenvalue weighted by Gasteiger charge is -2.05. The number of rotatable bonds is 6. The maximum absolute atomic E-state index is 13.4. The minimum absolute atomic E-state index is 0.0137. The molecule has 31 heavy (non-hydrogen) atoms. The third-order valence-electron chi connectivity index (χ3n) is 3.98. The van der Waals surface area contributed by atoms with Crippen molar-refractivity contribution in [2.24, 2.45) is 0 Å². The van der Waals surface area contributed by atoms with E-state index in [9.17, 15) is 23.2 Å². The molecule has 0 spiro atoms. The summed E-state index contributed by atoms with van der Waals surface area (Å²) < 4.78 is 36.2. The summed E-state index contributed by atoms with van der Waals surface area (Å²) in [6.07, 6.45) is 0. The Morgan fingerprint density at radius 1 is 1.19 bits per heavy atom. The van der Waals surface area contributed by atoms with Crippen LogP contribution in [0.15, 0.2) is 22.6 Å². The molecule has 0 aliphatic heterocycles. The Kier molecular flexibility index (Phi) is 6.30. The van der Waals surface area contributed by atoms with E-state index >= 15 is 0 Å². The molecule has 10 nitrogen and oxygen atoms in total. The van der Waals surface area contributed by atoms with Crippen molar-refractivity contribution in [1.29, 1.82) is 0 Å². The molecule has 2 aromatic heterocycles. The first-order valence-corrected chi connectivity index (χ1v) is 8.91. The van der Waals surface area contributed by atoms with Crippen molar-refractivity contribution in [1.82, 2.24) is 20.5 Å². The number of methoxy groups -OCH3 is 1. The molecule has 0 atom stereocenters. The van der Waals surface area contributed by atoms with Crippen LogP contribution in [0.2, 0.25) is 5.02 Å². The Hall–Kier alpha value is -3.80. The van der Waals surface area contributed by atoms with E-state index in [2.05, 4.69) is 30.6 Å². The smallest absolute Gasteiger partial charge is 0.394 e. The van der Waals surface area contributed by atoms with E-state index < -0.39 is 29.4 Å². The first-order chi connectivity index (χ1) is 14.7. The van der Waals surface area contributed by atoms with Crippen LogP contribution in [0.1, 0.15) is 43.0 Å². The van der Waals surface area contributed by atoms with E-state index in [0.29, 0.717) is 17.8 Å². The van der Waals surface area contributed by atoms with Crippen molar-refractivity contribution in [2.45, 2.75) is 13.5 Å². The quantitative estimate of drug-likeness (QED) is 0.385. The van der Waals surface area contributed by atoms with Crippen molar-refractivity contribution in [3.8, 4) is 0 Å². The van der Waals surface area contributed by atoms with Crippen LogP contribution in [0.4, 0.5) is 14.6 Å². The Morgan fingerprint density at radius 2 is 1.90 bits per heavy atom. The van der Waals surface area contributed by atoms with E-state index in [-0.39, 0.29) is 40.3 Å². The molecule has 0 unspecified atom stereocenters. The first-order valence-electron chi connectivity index (χ1n) is 8.53. The number of nitrogens with zero attached hydrogens (tertiary/aromatic N) is 2. The average Bonchev–Trinajstić information content (AvgIpc) is 3.34. The van der Waals surface area contributed by atoms with Crippen molar-refractivity contribution in [3.63, 3.8) is 0 Å². The average molecular weight is 454 g/mol. The van der Waals surface area contributed by atoms with Crippen LogP contribution in [-0.2, 0) is 11.3 Å². The van der Waals surface area contributed by atoms with Gasteiger partial charge in [-0.05, 0) is 19.1 Å². The number of halogens is 3. The molecule has 2 heterocycles. The Labute approximate surface area is 177 Å². The zero-order valence-corrected chi connectivity index (χ0v) is 16.8. The minimum Gasteiger partial charge on any atom is -0.462 e. The summed E-state index contributed by atoms with van der Waals surface area (Å²) in [5.74, 6) is -4.64. The number of carbonyl (C=O) groups is 3. The zero-order valence-electron chi connectivity index (χ0n) is 16.0. The summed E-state index contributed by atoms with van der Waals surface area (Å²) in [7, 11) is 1.18. The Morgan fingerprint density at radius 3 is 2.61 bits per heavy atom. The van der Waals surface area contributed by atoms with Gasteiger partial charge < -0.3 is 19.8 Å². The highest BCUT2D eigenvalue weighted by Crippen LogP contribution is 2.21. The van der Waals surface area contributed by atoms with Crippen LogP contribution < -0.4 is 10.6 Å². The molecule has 0 saturated heterocycles. The van der Waals surface area contributed by atoms with Gasteiger partial charge in [0.1, 0.15) is 11.6 Å². The van der Waals surface area contributed by atoms with Crippen molar-refractivity contribution < 1.29 is 32.3 Å². The SMILES string of the molecule is COC(=O)c1nc(C)c(CNC(=O)c2cc(NC(=O)c3cc(F)c(F)cc3Cl)[nH]n2)o1. The number of hydrogen-bond acceptors (Lipinski definition) is 7. The van der Waals surface area contributed by atoms with Crippen LogP contribution in [0, 0.1) is 18.6 Å². The summed E-state index contributed by atoms with van der Waals surface area (Å²) in [6.45, 7) is 1.50. The molecule has 0 saturated carbocycles. The van der Waals surface area contributed by atoms with Crippen molar-refractivity contribution >= 4 is 35.2 Å². The number of anilines is 1. The minimum atomic E-state index is -1.24. The largest absolute Gasteiger partial charge is 0.462 e. The van der Waals surface area contributed by atoms with Gasteiger partial charge in [-0.2, -0.15) is 5.10 Å². The summed E-state index contributed by atoms with van der Waals surface area (Å²) in [5, 5.41) is 10.7. The van der Waals surface area contributed by atoms with Crippen LogP contribution >= 0.6 is 11.6 Å². The fourth-order valence-electron chi connectivity index (χ4n) is 2.41. The number of nitrogens with one attached hydrogen (secondary N) is 3. The first kappa shape index (κ1) is 21.9. The van der Waals surface area contributed by atoms with Crippen LogP contribution in [0.25, 0.3) is 0 Å². The number of H-pyrrole nitrogens is 1. The third-order valence-corrected chi connectivity index (χ3v) is 4.29. The van der Waals surface area contributed by atoms with E-state index in [0.717, 1.165) is 0 Å². The molecule has 13 heteroatoms. The molecule has 0 fully saturated rings. The molecule has 0 radical (unpaired) electrons. The predicted molar refractivity (Wildman–Crippen MR) is 102 cm³/mol. The van der Waals surface area contributed by atoms with E-state index in [1.54, 1.807) is 6.92 Å². The lowest BCUT2D eigenvalue weighted by Crippen LogP contribution is -2.23. The number of esters is 1. The number of hydrogen-bond donors (Lipinski definition) is 3. The molecule has 3 N–H and O–H groups in total. The lowest BCUT2D eigenvalue weighted by molar-refractivity contribution is 0.0553. The number of ether oxygens (including phenoxy) is 1. The molecule has 0 aliphatic carbocycles. The van der Waals surface area contributed by atoms with Gasteiger partial charge in [-0.3, -0.25) is 14.7 Å². The second-order valence-corrected chi connectivity index (χ2v) is 6.48. The van der Waals surface area contributed by atoms with Gasteiger partial charge in [0.15, 0.2) is 17.3 Å². The number of aromatic amines is 1. The highest BCUT2D eigenvalue weighted by atomic mass is 35.5. The van der Waals surface area contributed by atoms with Gasteiger partial charge >= 0.3 is 11.9 Å². The summed E-state index contributed by atoms with van der Waals surface area (Å²) >= 11 is 5.76. The molecule has 0 aliphatic rings. The third kappa shape index (κ3) is 4.86. The van der Waals surface area contributed by atoms with E-state index in [4.69, 9.17) is 16.0 Å². The number of carbonyl (C=O) groups excluding carboxylic acids is 3. The van der Waals surface area contributed by atoms with Gasteiger partial charge in [0, 0.05) is 6.07 Å².